The molecule has 0 unspecified atom stereocenters. The molecule has 0 aliphatic carbocycles. The fourth-order valence-corrected chi connectivity index (χ4v) is 1.54. The molecule has 0 aliphatic heterocycles. The zero-order chi connectivity index (χ0) is 11.0. The third-order valence-electron chi connectivity index (χ3n) is 2.44. The molecular formula is C12H29N2Sn. The van der Waals surface area contributed by atoms with E-state index in [2.05, 4.69) is 44.9 Å². The molecule has 0 heterocycles. The van der Waals surface area contributed by atoms with Crippen LogP contribution >= 0.6 is 0 Å². The van der Waals surface area contributed by atoms with Crippen molar-refractivity contribution in [1.29, 1.82) is 0 Å². The molecule has 0 amide bonds. The summed E-state index contributed by atoms with van der Waals surface area (Å²) in [5.74, 6) is 0.648. The number of hydrogen-bond acceptors (Lipinski definition) is 2. The molecule has 0 aliphatic rings. The minimum absolute atomic E-state index is 0. The van der Waals surface area contributed by atoms with Gasteiger partial charge >= 0.3 is 23.9 Å². The van der Waals surface area contributed by atoms with Gasteiger partial charge in [-0.15, -0.1) is 0 Å². The van der Waals surface area contributed by atoms with Gasteiger partial charge in [-0.2, -0.15) is 0 Å². The molecule has 3 heteroatoms. The first-order chi connectivity index (χ1) is 6.52. The molecule has 0 atom stereocenters. The summed E-state index contributed by atoms with van der Waals surface area (Å²) in [6.45, 7) is 6.58. The van der Waals surface area contributed by atoms with Crippen molar-refractivity contribution < 1.29 is 0 Å². The van der Waals surface area contributed by atoms with E-state index in [-0.39, 0.29) is 23.9 Å². The van der Waals surface area contributed by atoms with E-state index >= 15 is 0 Å². The third kappa shape index (κ3) is 14.7. The van der Waals surface area contributed by atoms with Crippen LogP contribution in [0, 0.1) is 12.8 Å². The van der Waals surface area contributed by atoms with Gasteiger partial charge in [0.25, 0.3) is 0 Å². The molecule has 15 heavy (non-hydrogen) atoms. The van der Waals surface area contributed by atoms with Crippen molar-refractivity contribution >= 4 is 23.9 Å². The quantitative estimate of drug-likeness (QED) is 0.620. The average Bonchev–Trinajstić information content (AvgIpc) is 2.02. The first-order valence-corrected chi connectivity index (χ1v) is 5.65. The van der Waals surface area contributed by atoms with E-state index in [1.54, 1.807) is 0 Å². The van der Waals surface area contributed by atoms with E-state index in [0.717, 1.165) is 0 Å². The third-order valence-corrected chi connectivity index (χ3v) is 2.44. The summed E-state index contributed by atoms with van der Waals surface area (Å²) in [6.07, 6.45) is 5.10. The van der Waals surface area contributed by atoms with Crippen molar-refractivity contribution in [3.63, 3.8) is 0 Å². The molecule has 0 aromatic carbocycles. The van der Waals surface area contributed by atoms with E-state index < -0.39 is 0 Å². The van der Waals surface area contributed by atoms with Crippen LogP contribution < -0.4 is 0 Å². The Morgan fingerprint density at radius 3 is 1.47 bits per heavy atom. The zero-order valence-electron chi connectivity index (χ0n) is 11.1. The van der Waals surface area contributed by atoms with Crippen molar-refractivity contribution in [1.82, 2.24) is 9.80 Å². The molecule has 0 rings (SSSR count). The van der Waals surface area contributed by atoms with E-state index in [9.17, 15) is 0 Å². The first kappa shape index (κ1) is 18.1. The Labute approximate surface area is 113 Å². The number of hydrogen-bond donors (Lipinski definition) is 0. The van der Waals surface area contributed by atoms with Gasteiger partial charge in [0.15, 0.2) is 0 Å². The fourth-order valence-electron chi connectivity index (χ4n) is 1.54. The molecule has 0 fully saturated rings. The van der Waals surface area contributed by atoms with Crippen LogP contribution in [0.3, 0.4) is 0 Å². The van der Waals surface area contributed by atoms with Crippen LogP contribution in [0.25, 0.3) is 0 Å². The molecule has 0 bridgehead atoms. The molecule has 0 saturated carbocycles. The Morgan fingerprint density at radius 2 is 1.20 bits per heavy atom. The number of rotatable bonds is 8. The normalized spacial score (nSPS) is 11.2. The second kappa shape index (κ2) is 11.2. The van der Waals surface area contributed by atoms with Crippen molar-refractivity contribution in [3.05, 3.63) is 6.92 Å². The maximum atomic E-state index is 4.19. The van der Waals surface area contributed by atoms with Gasteiger partial charge in [-0.1, -0.05) is 6.92 Å². The van der Waals surface area contributed by atoms with E-state index in [4.69, 9.17) is 0 Å². The van der Waals surface area contributed by atoms with Gasteiger partial charge in [0.1, 0.15) is 0 Å². The molecule has 0 N–H and O–H groups in total. The zero-order valence-corrected chi connectivity index (χ0v) is 15.2. The molecule has 3 radical (unpaired) electrons. The van der Waals surface area contributed by atoms with E-state index in [0.29, 0.717) is 5.92 Å². The molecule has 0 aromatic rings. The topological polar surface area (TPSA) is 6.48 Å². The van der Waals surface area contributed by atoms with Gasteiger partial charge in [-0.25, -0.2) is 0 Å². The monoisotopic (exact) mass is 321 g/mol. The van der Waals surface area contributed by atoms with Gasteiger partial charge in [0.05, 0.1) is 0 Å². The van der Waals surface area contributed by atoms with Crippen LogP contribution in [0.5, 0.6) is 0 Å². The Bertz CT molecular complexity index is 113. The number of nitrogens with zero attached hydrogens (tertiary/aromatic N) is 2. The summed E-state index contributed by atoms with van der Waals surface area (Å²) in [4.78, 5) is 4.49. The van der Waals surface area contributed by atoms with Crippen molar-refractivity contribution in [3.8, 4) is 0 Å². The molecule has 0 aromatic heterocycles. The standard InChI is InChI=1S/C12H27N2.Sn.2H/c1-12(8-6-10-13(2)3)9-7-11-14(4)5;;;/h12H,1,6-11H2,2-5H3;;;. The van der Waals surface area contributed by atoms with Gasteiger partial charge in [0, 0.05) is 0 Å². The van der Waals surface area contributed by atoms with E-state index in [1.165, 1.54) is 38.8 Å². The summed E-state index contributed by atoms with van der Waals surface area (Å²) in [5, 5.41) is 0. The van der Waals surface area contributed by atoms with Crippen LogP contribution in [0.1, 0.15) is 25.7 Å². The SMILES string of the molecule is [CH2]C(CCCN(C)C)CCCN(C)C.[SnH2]. The Morgan fingerprint density at radius 1 is 0.867 bits per heavy atom. The second-order valence-corrected chi connectivity index (χ2v) is 4.76. The first-order valence-electron chi connectivity index (χ1n) is 5.65. The summed E-state index contributed by atoms with van der Waals surface area (Å²) >= 11 is 0. The van der Waals surface area contributed by atoms with Gasteiger partial charge in [-0.3, -0.25) is 0 Å². The second-order valence-electron chi connectivity index (χ2n) is 4.76. The maximum absolute atomic E-state index is 4.19. The molecule has 0 saturated heterocycles. The van der Waals surface area contributed by atoms with Gasteiger partial charge < -0.3 is 9.80 Å². The van der Waals surface area contributed by atoms with Crippen LogP contribution in [0.15, 0.2) is 0 Å². The predicted octanol–water partition coefficient (Wildman–Crippen LogP) is 1.20. The van der Waals surface area contributed by atoms with Gasteiger partial charge in [-0.05, 0) is 72.9 Å². The Balaban J connectivity index is 0. The summed E-state index contributed by atoms with van der Waals surface area (Å²) in [7, 11) is 8.52. The van der Waals surface area contributed by atoms with E-state index in [1.807, 2.05) is 0 Å². The fraction of sp³-hybridized carbons (Fsp3) is 0.917. The Hall–Kier alpha value is 0.719. The summed E-state index contributed by atoms with van der Waals surface area (Å²) < 4.78 is 0. The van der Waals surface area contributed by atoms with Crippen LogP contribution in [-0.4, -0.2) is 75.0 Å². The van der Waals surface area contributed by atoms with Crippen LogP contribution in [0.2, 0.25) is 0 Å². The average molecular weight is 320 g/mol. The van der Waals surface area contributed by atoms with Crippen LogP contribution in [-0.2, 0) is 0 Å². The predicted molar refractivity (Wildman–Crippen MR) is 73.0 cm³/mol. The summed E-state index contributed by atoms with van der Waals surface area (Å²) in [5.41, 5.74) is 0. The molecule has 91 valence electrons. The van der Waals surface area contributed by atoms with Crippen LogP contribution in [0.4, 0.5) is 0 Å². The molecule has 2 nitrogen and oxygen atoms in total. The van der Waals surface area contributed by atoms with Crippen molar-refractivity contribution in [2.45, 2.75) is 25.7 Å². The van der Waals surface area contributed by atoms with Crippen molar-refractivity contribution in [2.24, 2.45) is 5.92 Å². The van der Waals surface area contributed by atoms with Gasteiger partial charge in [0.2, 0.25) is 0 Å². The molecule has 0 spiro atoms. The van der Waals surface area contributed by atoms with Crippen molar-refractivity contribution in [2.75, 3.05) is 41.3 Å². The Kier molecular flexibility index (Phi) is 13.5. The summed E-state index contributed by atoms with van der Waals surface area (Å²) in [6, 6.07) is 0. The molecular weight excluding hydrogens is 291 g/mol. The minimum atomic E-state index is 0.